The third kappa shape index (κ3) is 10.7. The Morgan fingerprint density at radius 3 is 1.19 bits per heavy atom. The SMILES string of the molecule is CCCCC(CC)CN(CCCC)c1ccc(-c2cc3sc(-c4nnc(-c5cc6sc(-c7ccc(N(CCCC)CC(CC)CCCC)cc7)cc6s5)c5nsnc45)cc3s2)cc1. The number of hydrogen-bond donors (Lipinski definition) is 0. The third-order valence-electron chi connectivity index (χ3n) is 12.7. The van der Waals surface area contributed by atoms with Crippen LogP contribution in [0.3, 0.4) is 0 Å². The van der Waals surface area contributed by atoms with Gasteiger partial charge in [-0.05, 0) is 97.2 Å². The number of aromatic nitrogens is 4. The highest BCUT2D eigenvalue weighted by Gasteiger charge is 2.22. The fraction of sp³-hybridized carbons (Fsp3) is 0.462. The lowest BCUT2D eigenvalue weighted by atomic mass is 9.98. The molecule has 0 radical (unpaired) electrons. The van der Waals surface area contributed by atoms with E-state index in [4.69, 9.17) is 18.9 Å². The van der Waals surface area contributed by atoms with Gasteiger partial charge in [-0.2, -0.15) is 8.75 Å². The average Bonchev–Trinajstić information content (AvgIpc) is 4.16. The van der Waals surface area contributed by atoms with E-state index in [0.717, 1.165) is 70.2 Å². The molecule has 2 atom stereocenters. The Hall–Kier alpha value is -3.74. The smallest absolute Gasteiger partial charge is 0.136 e. The predicted octanol–water partition coefficient (Wildman–Crippen LogP) is 17.3. The fourth-order valence-corrected chi connectivity index (χ4v) is 14.0. The van der Waals surface area contributed by atoms with Crippen molar-refractivity contribution >= 4 is 98.3 Å². The molecule has 2 unspecified atom stereocenters. The van der Waals surface area contributed by atoms with Gasteiger partial charge in [-0.3, -0.25) is 0 Å². The monoisotopic (exact) mass is 932 g/mol. The summed E-state index contributed by atoms with van der Waals surface area (Å²) in [6.45, 7) is 18.5. The molecule has 0 fully saturated rings. The highest BCUT2D eigenvalue weighted by molar-refractivity contribution is 7.31. The summed E-state index contributed by atoms with van der Waals surface area (Å²) in [5.41, 5.74) is 8.57. The van der Waals surface area contributed by atoms with E-state index in [-0.39, 0.29) is 0 Å². The molecular weight excluding hydrogens is 869 g/mol. The van der Waals surface area contributed by atoms with E-state index in [1.807, 2.05) is 22.7 Å². The van der Waals surface area contributed by atoms with E-state index in [1.165, 1.54) is 140 Å². The van der Waals surface area contributed by atoms with Gasteiger partial charge in [-0.1, -0.05) is 117 Å². The van der Waals surface area contributed by atoms with Crippen LogP contribution < -0.4 is 9.80 Å². The number of hydrogen-bond acceptors (Lipinski definition) is 11. The van der Waals surface area contributed by atoms with Gasteiger partial charge in [0.15, 0.2) is 0 Å². The van der Waals surface area contributed by atoms with Crippen molar-refractivity contribution in [1.29, 1.82) is 0 Å². The lowest BCUT2D eigenvalue weighted by Gasteiger charge is -2.29. The Kier molecular flexibility index (Phi) is 16.0. The van der Waals surface area contributed by atoms with Crippen molar-refractivity contribution in [3.05, 3.63) is 72.8 Å². The molecule has 2 aromatic carbocycles. The van der Waals surface area contributed by atoms with Gasteiger partial charge in [0.1, 0.15) is 22.4 Å². The first-order valence-corrected chi connectivity index (χ1v) is 27.7. The Balaban J connectivity index is 0.969. The van der Waals surface area contributed by atoms with Crippen molar-refractivity contribution < 1.29 is 0 Å². The van der Waals surface area contributed by atoms with Gasteiger partial charge >= 0.3 is 0 Å². The van der Waals surface area contributed by atoms with Gasteiger partial charge in [0.05, 0.1) is 21.5 Å². The molecule has 0 aliphatic heterocycles. The van der Waals surface area contributed by atoms with Crippen molar-refractivity contribution in [3.8, 4) is 42.0 Å². The maximum absolute atomic E-state index is 4.84. The van der Waals surface area contributed by atoms with Gasteiger partial charge < -0.3 is 9.80 Å². The molecule has 0 aliphatic carbocycles. The molecule has 0 N–H and O–H groups in total. The molecule has 0 amide bonds. The lowest BCUT2D eigenvalue weighted by molar-refractivity contribution is 0.444. The van der Waals surface area contributed by atoms with E-state index in [0.29, 0.717) is 0 Å². The van der Waals surface area contributed by atoms with Crippen LogP contribution in [-0.4, -0.2) is 45.1 Å². The zero-order valence-electron chi connectivity index (χ0n) is 38.1. The zero-order valence-corrected chi connectivity index (χ0v) is 42.2. The van der Waals surface area contributed by atoms with Gasteiger partial charge in [0.25, 0.3) is 0 Å². The maximum Gasteiger partial charge on any atom is 0.136 e. The summed E-state index contributed by atoms with van der Waals surface area (Å²) in [7, 11) is 0. The number of thiophene rings is 4. The summed E-state index contributed by atoms with van der Waals surface area (Å²) in [6.07, 6.45) is 15.2. The molecule has 0 saturated carbocycles. The molecule has 63 heavy (non-hydrogen) atoms. The Bertz CT molecular complexity index is 2410. The minimum atomic E-state index is 0.754. The molecule has 0 bridgehead atoms. The quantitative estimate of drug-likeness (QED) is 0.0602. The minimum absolute atomic E-state index is 0.754. The van der Waals surface area contributed by atoms with Crippen molar-refractivity contribution in [2.75, 3.05) is 36.0 Å². The first kappa shape index (κ1) is 45.8. The van der Waals surface area contributed by atoms with Crippen molar-refractivity contribution in [2.24, 2.45) is 11.8 Å². The summed E-state index contributed by atoms with van der Waals surface area (Å²) in [5.74, 6) is 1.51. The van der Waals surface area contributed by atoms with Crippen LogP contribution in [0.4, 0.5) is 11.4 Å². The lowest BCUT2D eigenvalue weighted by Crippen LogP contribution is -2.30. The topological polar surface area (TPSA) is 58.0 Å². The van der Waals surface area contributed by atoms with Crippen LogP contribution in [0.1, 0.15) is 119 Å². The Labute approximate surface area is 395 Å². The second kappa shape index (κ2) is 22.0. The van der Waals surface area contributed by atoms with Crippen LogP contribution in [-0.2, 0) is 0 Å². The molecule has 0 aliphatic rings. The largest absolute Gasteiger partial charge is 0.371 e. The summed E-state index contributed by atoms with van der Waals surface area (Å²) in [4.78, 5) is 10.0. The molecule has 6 nitrogen and oxygen atoms in total. The summed E-state index contributed by atoms with van der Waals surface area (Å²) >= 11 is 8.50. The Morgan fingerprint density at radius 2 is 0.825 bits per heavy atom. The summed E-state index contributed by atoms with van der Waals surface area (Å²) in [5, 5.41) is 9.68. The van der Waals surface area contributed by atoms with E-state index in [2.05, 4.69) is 124 Å². The van der Waals surface area contributed by atoms with E-state index >= 15 is 0 Å². The van der Waals surface area contributed by atoms with Crippen LogP contribution in [0, 0.1) is 11.8 Å². The first-order valence-electron chi connectivity index (χ1n) is 23.7. The molecule has 8 rings (SSSR count). The molecule has 11 heteroatoms. The summed E-state index contributed by atoms with van der Waals surface area (Å²) in [6, 6.07) is 27.9. The third-order valence-corrected chi connectivity index (χ3v) is 17.9. The van der Waals surface area contributed by atoms with Crippen LogP contribution in [0.5, 0.6) is 0 Å². The number of anilines is 2. The van der Waals surface area contributed by atoms with E-state index < -0.39 is 0 Å². The van der Waals surface area contributed by atoms with Gasteiger partial charge in [-0.25, -0.2) is 0 Å². The van der Waals surface area contributed by atoms with E-state index in [9.17, 15) is 0 Å². The van der Waals surface area contributed by atoms with Gasteiger partial charge in [-0.15, -0.1) is 55.5 Å². The first-order chi connectivity index (χ1) is 30.9. The van der Waals surface area contributed by atoms with Crippen LogP contribution in [0.25, 0.3) is 71.9 Å². The highest BCUT2D eigenvalue weighted by Crippen LogP contribution is 2.46. The molecule has 0 spiro atoms. The maximum atomic E-state index is 4.84. The molecular formula is C52H64N6S5. The highest BCUT2D eigenvalue weighted by atomic mass is 32.1. The van der Waals surface area contributed by atoms with Crippen molar-refractivity contribution in [2.45, 2.75) is 119 Å². The number of rotatable bonds is 24. The second-order valence-corrected chi connectivity index (χ2v) is 22.1. The second-order valence-electron chi connectivity index (χ2n) is 17.3. The predicted molar refractivity (Wildman–Crippen MR) is 282 cm³/mol. The average molecular weight is 933 g/mol. The molecule has 332 valence electrons. The molecule has 0 saturated heterocycles. The van der Waals surface area contributed by atoms with Gasteiger partial charge in [0, 0.05) is 66.1 Å². The molecule has 6 aromatic heterocycles. The van der Waals surface area contributed by atoms with Crippen LogP contribution in [0.15, 0.2) is 72.8 Å². The molecule has 8 aromatic rings. The van der Waals surface area contributed by atoms with Crippen molar-refractivity contribution in [1.82, 2.24) is 18.9 Å². The number of fused-ring (bicyclic) bond motifs is 3. The molecule has 6 heterocycles. The normalized spacial score (nSPS) is 12.9. The fourth-order valence-electron chi connectivity index (χ4n) is 8.70. The van der Waals surface area contributed by atoms with Crippen molar-refractivity contribution in [3.63, 3.8) is 0 Å². The van der Waals surface area contributed by atoms with E-state index in [1.54, 1.807) is 22.7 Å². The summed E-state index contributed by atoms with van der Waals surface area (Å²) < 4.78 is 14.6. The van der Waals surface area contributed by atoms with Crippen LogP contribution in [0.2, 0.25) is 0 Å². The number of benzene rings is 2. The van der Waals surface area contributed by atoms with Gasteiger partial charge in [0.2, 0.25) is 0 Å². The minimum Gasteiger partial charge on any atom is -0.371 e. The zero-order chi connectivity index (χ0) is 43.7. The number of nitrogens with zero attached hydrogens (tertiary/aromatic N) is 6. The standard InChI is InChI=1S/C52H64N6S5/c1-7-13-17-35(11-5)33-57(27-15-9-3)39-23-19-37(20-24-39)41-29-43-45(59-41)31-47(61-43)49-51-52(56-63-55-51)50(54-53-49)48-32-46-44(62-48)30-42(60-46)38-21-25-40(26-22-38)58(28-16-10-4)34-36(12-6)18-14-8-2/h19-26,29-32,35-36H,7-18,27-28,33-34H2,1-6H3. The number of unbranched alkanes of at least 4 members (excludes halogenated alkanes) is 4. The van der Waals surface area contributed by atoms with Crippen LogP contribution >= 0.6 is 57.1 Å². The Morgan fingerprint density at radius 1 is 0.460 bits per heavy atom.